The van der Waals surface area contributed by atoms with Crippen LogP contribution >= 0.6 is 11.8 Å². The van der Waals surface area contributed by atoms with Gasteiger partial charge in [-0.3, -0.25) is 9.59 Å². The lowest BCUT2D eigenvalue weighted by atomic mass is 10.1. The number of esters is 1. The first-order chi connectivity index (χ1) is 12.0. The van der Waals surface area contributed by atoms with Crippen LogP contribution in [0.2, 0.25) is 0 Å². The molecule has 6 nitrogen and oxygen atoms in total. The molecule has 25 heavy (non-hydrogen) atoms. The highest BCUT2D eigenvalue weighted by Crippen LogP contribution is 2.23. The predicted molar refractivity (Wildman–Crippen MR) is 94.0 cm³/mol. The molecule has 0 unspecified atom stereocenters. The number of benzene rings is 2. The summed E-state index contributed by atoms with van der Waals surface area (Å²) in [5.74, 6) is -0.863. The normalized spacial score (nSPS) is 10.1. The molecule has 0 fully saturated rings. The van der Waals surface area contributed by atoms with Crippen LogP contribution in [0.25, 0.3) is 0 Å². The van der Waals surface area contributed by atoms with Crippen molar-refractivity contribution in [3.05, 3.63) is 59.7 Å². The zero-order chi connectivity index (χ0) is 18.2. The molecule has 2 rings (SSSR count). The van der Waals surface area contributed by atoms with Crippen molar-refractivity contribution in [1.29, 1.82) is 0 Å². The van der Waals surface area contributed by atoms with Crippen molar-refractivity contribution in [2.45, 2.75) is 4.90 Å². The smallest absolute Gasteiger partial charge is 0.339 e. The van der Waals surface area contributed by atoms with Crippen LogP contribution in [0.1, 0.15) is 20.7 Å². The first kappa shape index (κ1) is 18.5. The van der Waals surface area contributed by atoms with Crippen molar-refractivity contribution in [3.8, 4) is 5.75 Å². The van der Waals surface area contributed by atoms with Gasteiger partial charge in [-0.25, -0.2) is 4.79 Å². The van der Waals surface area contributed by atoms with E-state index >= 15 is 0 Å². The second-order valence-corrected chi connectivity index (χ2v) is 6.00. The molecule has 0 heterocycles. The summed E-state index contributed by atoms with van der Waals surface area (Å²) < 4.78 is 10.2. The molecule has 1 amide bonds. The summed E-state index contributed by atoms with van der Waals surface area (Å²) in [6.45, 7) is -0.388. The van der Waals surface area contributed by atoms with Gasteiger partial charge in [0.15, 0.2) is 12.4 Å². The summed E-state index contributed by atoms with van der Waals surface area (Å²) in [4.78, 5) is 35.9. The van der Waals surface area contributed by atoms with E-state index in [4.69, 9.17) is 15.2 Å². The van der Waals surface area contributed by atoms with Gasteiger partial charge in [0.05, 0.1) is 18.4 Å². The maximum atomic E-state index is 12.2. The van der Waals surface area contributed by atoms with E-state index in [9.17, 15) is 14.4 Å². The number of nitrogens with two attached hydrogens (primary N) is 1. The Balaban J connectivity index is 2.02. The molecule has 0 aromatic heterocycles. The van der Waals surface area contributed by atoms with E-state index in [-0.39, 0.29) is 23.7 Å². The monoisotopic (exact) mass is 359 g/mol. The Kier molecular flexibility index (Phi) is 6.59. The SMILES string of the molecule is COc1cccc(C(=O)COC(=O)c2ccccc2SCC(N)=O)c1. The number of Topliss-reactive ketones (excluding diaryl/α,β-unsaturated/α-hetero) is 1. The van der Waals surface area contributed by atoms with E-state index in [0.29, 0.717) is 16.2 Å². The molecule has 2 N–H and O–H groups in total. The minimum absolute atomic E-state index is 0.0486. The van der Waals surface area contributed by atoms with Gasteiger partial charge in [-0.2, -0.15) is 0 Å². The van der Waals surface area contributed by atoms with E-state index in [2.05, 4.69) is 0 Å². The number of hydrogen-bond acceptors (Lipinski definition) is 6. The maximum absolute atomic E-state index is 12.2. The number of carbonyl (C=O) groups excluding carboxylic acids is 3. The highest BCUT2D eigenvalue weighted by Gasteiger charge is 2.16. The number of ether oxygens (including phenoxy) is 2. The maximum Gasteiger partial charge on any atom is 0.339 e. The fraction of sp³-hybridized carbons (Fsp3) is 0.167. The van der Waals surface area contributed by atoms with Gasteiger partial charge in [0.25, 0.3) is 0 Å². The fourth-order valence-corrected chi connectivity index (χ4v) is 2.78. The molecule has 0 spiro atoms. The molecule has 0 aliphatic carbocycles. The third-order valence-electron chi connectivity index (χ3n) is 3.20. The van der Waals surface area contributed by atoms with Crippen molar-refractivity contribution in [2.24, 2.45) is 5.73 Å². The van der Waals surface area contributed by atoms with Crippen LogP contribution in [0.3, 0.4) is 0 Å². The quantitative estimate of drug-likeness (QED) is 0.441. The number of hydrogen-bond donors (Lipinski definition) is 1. The number of rotatable bonds is 8. The second-order valence-electron chi connectivity index (χ2n) is 4.98. The predicted octanol–water partition coefficient (Wildman–Crippen LogP) is 2.31. The molecule has 2 aromatic carbocycles. The van der Waals surface area contributed by atoms with Crippen LogP contribution in [0.15, 0.2) is 53.4 Å². The lowest BCUT2D eigenvalue weighted by molar-refractivity contribution is -0.115. The molecule has 130 valence electrons. The summed E-state index contributed by atoms with van der Waals surface area (Å²) in [6, 6.07) is 13.3. The first-order valence-corrected chi connectivity index (χ1v) is 8.34. The fourth-order valence-electron chi connectivity index (χ4n) is 2.00. The zero-order valence-corrected chi connectivity index (χ0v) is 14.4. The van der Waals surface area contributed by atoms with Crippen LogP contribution in [0.4, 0.5) is 0 Å². The summed E-state index contributed by atoms with van der Waals surface area (Å²) >= 11 is 1.14. The number of ketones is 1. The molecule has 0 radical (unpaired) electrons. The molecule has 7 heteroatoms. The summed E-state index contributed by atoms with van der Waals surface area (Å²) in [7, 11) is 1.50. The summed E-state index contributed by atoms with van der Waals surface area (Å²) in [5.41, 5.74) is 5.80. The van der Waals surface area contributed by atoms with Gasteiger partial charge in [0.2, 0.25) is 5.91 Å². The molecule has 0 aliphatic heterocycles. The van der Waals surface area contributed by atoms with Crippen LogP contribution in [-0.2, 0) is 9.53 Å². The molecular formula is C18H17NO5S. The third kappa shape index (κ3) is 5.36. The number of methoxy groups -OCH3 is 1. The lowest BCUT2D eigenvalue weighted by Gasteiger charge is -2.09. The standard InChI is InChI=1S/C18H17NO5S/c1-23-13-6-4-5-12(9-13)15(20)10-24-18(22)14-7-2-3-8-16(14)25-11-17(19)21/h2-9H,10-11H2,1H3,(H2,19,21). The van der Waals surface area contributed by atoms with E-state index < -0.39 is 11.9 Å². The highest BCUT2D eigenvalue weighted by molar-refractivity contribution is 8.00. The van der Waals surface area contributed by atoms with Gasteiger partial charge in [-0.05, 0) is 24.3 Å². The Hall–Kier alpha value is -2.80. The highest BCUT2D eigenvalue weighted by atomic mass is 32.2. The first-order valence-electron chi connectivity index (χ1n) is 7.35. The molecule has 0 aliphatic rings. The van der Waals surface area contributed by atoms with E-state index in [0.717, 1.165) is 11.8 Å². The third-order valence-corrected chi connectivity index (χ3v) is 4.30. The largest absolute Gasteiger partial charge is 0.497 e. The van der Waals surface area contributed by atoms with E-state index in [1.54, 1.807) is 48.5 Å². The summed E-state index contributed by atoms with van der Waals surface area (Å²) in [6.07, 6.45) is 0. The van der Waals surface area contributed by atoms with Gasteiger partial charge in [0.1, 0.15) is 5.75 Å². The molecular weight excluding hydrogens is 342 g/mol. The van der Waals surface area contributed by atoms with E-state index in [1.165, 1.54) is 7.11 Å². The van der Waals surface area contributed by atoms with Crippen LogP contribution < -0.4 is 10.5 Å². The van der Waals surface area contributed by atoms with Crippen LogP contribution in [0.5, 0.6) is 5.75 Å². The van der Waals surface area contributed by atoms with Crippen molar-refractivity contribution < 1.29 is 23.9 Å². The van der Waals surface area contributed by atoms with Crippen molar-refractivity contribution >= 4 is 29.4 Å². The van der Waals surface area contributed by atoms with Gasteiger partial charge in [-0.1, -0.05) is 24.3 Å². The molecule has 0 bridgehead atoms. The molecule has 0 saturated carbocycles. The van der Waals surface area contributed by atoms with Crippen molar-refractivity contribution in [3.63, 3.8) is 0 Å². The Morgan fingerprint density at radius 1 is 1.08 bits per heavy atom. The Labute approximate surface area is 149 Å². The molecule has 0 saturated heterocycles. The Bertz CT molecular complexity index is 791. The number of thioether (sulfide) groups is 1. The van der Waals surface area contributed by atoms with Gasteiger partial charge < -0.3 is 15.2 Å². The zero-order valence-electron chi connectivity index (χ0n) is 13.6. The summed E-state index contributed by atoms with van der Waals surface area (Å²) in [5, 5.41) is 0. The number of carbonyl (C=O) groups is 3. The lowest BCUT2D eigenvalue weighted by Crippen LogP contribution is -2.16. The van der Waals surface area contributed by atoms with Gasteiger partial charge in [-0.15, -0.1) is 11.8 Å². The van der Waals surface area contributed by atoms with Crippen LogP contribution in [0, 0.1) is 0 Å². The number of amides is 1. The number of primary amides is 1. The topological polar surface area (TPSA) is 95.7 Å². The molecule has 2 aromatic rings. The molecule has 0 atom stereocenters. The minimum Gasteiger partial charge on any atom is -0.497 e. The van der Waals surface area contributed by atoms with E-state index in [1.807, 2.05) is 0 Å². The Morgan fingerprint density at radius 2 is 1.84 bits per heavy atom. The van der Waals surface area contributed by atoms with Crippen LogP contribution in [-0.4, -0.2) is 37.1 Å². The second kappa shape index (κ2) is 8.89. The average Bonchev–Trinajstić information content (AvgIpc) is 2.64. The van der Waals surface area contributed by atoms with Gasteiger partial charge in [0, 0.05) is 10.5 Å². The minimum atomic E-state index is -0.635. The van der Waals surface area contributed by atoms with Crippen molar-refractivity contribution in [2.75, 3.05) is 19.5 Å². The van der Waals surface area contributed by atoms with Gasteiger partial charge >= 0.3 is 5.97 Å². The average molecular weight is 359 g/mol. The Morgan fingerprint density at radius 3 is 2.56 bits per heavy atom. The van der Waals surface area contributed by atoms with Crippen molar-refractivity contribution in [1.82, 2.24) is 0 Å².